The molecule has 9 heteroatoms. The third-order valence-electron chi connectivity index (χ3n) is 7.05. The minimum Gasteiger partial charge on any atom is -0.493 e. The lowest BCUT2D eigenvalue weighted by Crippen LogP contribution is -2.46. The van der Waals surface area contributed by atoms with Crippen LogP contribution in [0.2, 0.25) is 0 Å². The van der Waals surface area contributed by atoms with Gasteiger partial charge >= 0.3 is 12.0 Å². The summed E-state index contributed by atoms with van der Waals surface area (Å²) in [6.07, 6.45) is 3.43. The minimum atomic E-state index is -1.11. The number of carbonyl (C=O) groups is 2. The molecule has 0 spiro atoms. The van der Waals surface area contributed by atoms with Crippen LogP contribution < -0.4 is 20.2 Å². The molecule has 0 aromatic heterocycles. The average molecular weight is 467 g/mol. The van der Waals surface area contributed by atoms with Gasteiger partial charge in [0.25, 0.3) is 0 Å². The van der Waals surface area contributed by atoms with Gasteiger partial charge < -0.3 is 24.8 Å². The maximum absolute atomic E-state index is 12.4. The standard InChI is InChI=1S/C25H30N4O5/c1-29-13-12-25(16-8-9-20(33-2)21(14-16)34-3)11-10-17(15-22(25)29)27-28-24(32)26-19-7-5-4-6-18(19)23(30)31/h4-9,14,22H,10-13,15H2,1-3H3,(H,30,31)(H2,26,28,32)/t22-,25-/m0/s1. The van der Waals surface area contributed by atoms with Gasteiger partial charge in [-0.2, -0.15) is 5.10 Å². The number of fused-ring (bicyclic) bond motifs is 1. The highest BCUT2D eigenvalue weighted by molar-refractivity contribution is 6.00. The number of rotatable bonds is 6. The number of nitrogens with zero attached hydrogens (tertiary/aromatic N) is 2. The number of carboxylic acid groups (broad SMARTS) is 1. The van der Waals surface area contributed by atoms with Crippen LogP contribution in [0.1, 0.15) is 41.6 Å². The van der Waals surface area contributed by atoms with Crippen molar-refractivity contribution in [3.05, 3.63) is 53.6 Å². The molecule has 2 fully saturated rings. The van der Waals surface area contributed by atoms with Crippen molar-refractivity contribution in [1.29, 1.82) is 0 Å². The molecule has 2 amide bonds. The lowest BCUT2D eigenvalue weighted by Gasteiger charge is -2.42. The van der Waals surface area contributed by atoms with Gasteiger partial charge in [0.2, 0.25) is 0 Å². The van der Waals surface area contributed by atoms with Crippen molar-refractivity contribution in [1.82, 2.24) is 10.3 Å². The van der Waals surface area contributed by atoms with E-state index >= 15 is 0 Å². The molecule has 34 heavy (non-hydrogen) atoms. The second kappa shape index (κ2) is 9.72. The van der Waals surface area contributed by atoms with E-state index in [9.17, 15) is 14.7 Å². The molecule has 0 bridgehead atoms. The van der Waals surface area contributed by atoms with Crippen LogP contribution in [0.15, 0.2) is 47.6 Å². The molecular weight excluding hydrogens is 436 g/mol. The Morgan fingerprint density at radius 2 is 1.88 bits per heavy atom. The highest BCUT2D eigenvalue weighted by Gasteiger charge is 2.49. The fourth-order valence-electron chi connectivity index (χ4n) is 5.24. The molecule has 1 saturated heterocycles. The van der Waals surface area contributed by atoms with Gasteiger partial charge in [-0.25, -0.2) is 15.0 Å². The van der Waals surface area contributed by atoms with E-state index in [0.717, 1.165) is 43.7 Å². The number of likely N-dealkylation sites (N-methyl/N-ethyl adjacent to an activating group) is 1. The van der Waals surface area contributed by atoms with E-state index in [2.05, 4.69) is 39.9 Å². The molecular formula is C25H30N4O5. The van der Waals surface area contributed by atoms with Crippen molar-refractivity contribution in [2.24, 2.45) is 5.10 Å². The Balaban J connectivity index is 1.48. The Hall–Kier alpha value is -3.59. The maximum Gasteiger partial charge on any atom is 0.339 e. The molecule has 3 N–H and O–H groups in total. The third-order valence-corrected chi connectivity index (χ3v) is 7.05. The number of anilines is 1. The Bertz CT molecular complexity index is 1120. The number of nitrogens with one attached hydrogen (secondary N) is 2. The van der Waals surface area contributed by atoms with Gasteiger partial charge in [0.15, 0.2) is 11.5 Å². The fourth-order valence-corrected chi connectivity index (χ4v) is 5.24. The zero-order valence-electron chi connectivity index (χ0n) is 19.6. The number of hydrogen-bond acceptors (Lipinski definition) is 6. The van der Waals surface area contributed by atoms with Crippen LogP contribution in [0.4, 0.5) is 10.5 Å². The number of amides is 2. The zero-order valence-corrected chi connectivity index (χ0v) is 19.6. The van der Waals surface area contributed by atoms with Crippen LogP contribution in [-0.4, -0.2) is 61.6 Å². The van der Waals surface area contributed by atoms with Gasteiger partial charge in [-0.15, -0.1) is 0 Å². The summed E-state index contributed by atoms with van der Waals surface area (Å²) in [4.78, 5) is 26.1. The summed E-state index contributed by atoms with van der Waals surface area (Å²) >= 11 is 0. The van der Waals surface area contributed by atoms with Crippen LogP contribution in [0.5, 0.6) is 11.5 Å². The van der Waals surface area contributed by atoms with Crippen LogP contribution in [0.3, 0.4) is 0 Å². The molecule has 0 unspecified atom stereocenters. The number of aromatic carboxylic acids is 1. The van der Waals surface area contributed by atoms with E-state index in [-0.39, 0.29) is 22.7 Å². The summed E-state index contributed by atoms with van der Waals surface area (Å²) < 4.78 is 11.0. The first-order valence-corrected chi connectivity index (χ1v) is 11.3. The monoisotopic (exact) mass is 466 g/mol. The normalized spacial score (nSPS) is 23.3. The number of para-hydroxylation sites is 1. The van der Waals surface area contributed by atoms with E-state index in [1.165, 1.54) is 11.6 Å². The smallest absolute Gasteiger partial charge is 0.339 e. The van der Waals surface area contributed by atoms with E-state index in [4.69, 9.17) is 9.47 Å². The van der Waals surface area contributed by atoms with Gasteiger partial charge in [-0.05, 0) is 62.7 Å². The minimum absolute atomic E-state index is 0.0178. The van der Waals surface area contributed by atoms with Crippen molar-refractivity contribution < 1.29 is 24.2 Å². The Kier molecular flexibility index (Phi) is 6.74. The molecule has 2 aromatic rings. The van der Waals surface area contributed by atoms with E-state index in [1.807, 2.05) is 6.07 Å². The van der Waals surface area contributed by atoms with Crippen LogP contribution in [-0.2, 0) is 5.41 Å². The molecule has 180 valence electrons. The Morgan fingerprint density at radius 3 is 2.62 bits per heavy atom. The van der Waals surface area contributed by atoms with E-state index in [0.29, 0.717) is 5.75 Å². The fraction of sp³-hybridized carbons (Fsp3) is 0.400. The summed E-state index contributed by atoms with van der Waals surface area (Å²) in [5.74, 6) is 0.329. The lowest BCUT2D eigenvalue weighted by molar-refractivity contribution is 0.0698. The van der Waals surface area contributed by atoms with Crippen molar-refractivity contribution in [3.63, 3.8) is 0 Å². The third kappa shape index (κ3) is 4.43. The number of benzene rings is 2. The second-order valence-corrected chi connectivity index (χ2v) is 8.77. The van der Waals surface area contributed by atoms with Crippen molar-refractivity contribution in [2.75, 3.05) is 33.1 Å². The van der Waals surface area contributed by atoms with Gasteiger partial charge in [-0.1, -0.05) is 18.2 Å². The number of ether oxygens (including phenoxy) is 2. The van der Waals surface area contributed by atoms with E-state index < -0.39 is 12.0 Å². The zero-order chi connectivity index (χ0) is 24.3. The summed E-state index contributed by atoms with van der Waals surface area (Å²) in [7, 11) is 5.41. The van der Waals surface area contributed by atoms with Crippen LogP contribution >= 0.6 is 0 Å². The van der Waals surface area contributed by atoms with Gasteiger partial charge in [0.05, 0.1) is 25.5 Å². The first-order chi connectivity index (χ1) is 16.4. The first-order valence-electron chi connectivity index (χ1n) is 11.3. The molecule has 2 aliphatic rings. The molecule has 9 nitrogen and oxygen atoms in total. The number of carboxylic acids is 1. The Labute approximate surface area is 198 Å². The first kappa shape index (κ1) is 23.6. The summed E-state index contributed by atoms with van der Waals surface area (Å²) in [5.41, 5.74) is 4.91. The van der Waals surface area contributed by atoms with Crippen LogP contribution in [0.25, 0.3) is 0 Å². The predicted octanol–water partition coefficient (Wildman–Crippen LogP) is 3.71. The van der Waals surface area contributed by atoms with Crippen molar-refractivity contribution in [3.8, 4) is 11.5 Å². The molecule has 1 aliphatic heterocycles. The van der Waals surface area contributed by atoms with Crippen molar-refractivity contribution in [2.45, 2.75) is 37.1 Å². The van der Waals surface area contributed by atoms with Crippen molar-refractivity contribution >= 4 is 23.4 Å². The summed E-state index contributed by atoms with van der Waals surface area (Å²) in [5, 5.41) is 16.2. The molecule has 4 rings (SSSR count). The SMILES string of the molecule is COc1ccc([C@@]23CCC(=NNC(=O)Nc4ccccc4C(=O)O)C[C@@H]2N(C)CC3)cc1OC. The number of hydrazone groups is 1. The topological polar surface area (TPSA) is 112 Å². The van der Waals surface area contributed by atoms with Gasteiger partial charge in [0, 0.05) is 23.6 Å². The maximum atomic E-state index is 12.4. The molecule has 1 heterocycles. The van der Waals surface area contributed by atoms with Crippen LogP contribution in [0, 0.1) is 0 Å². The Morgan fingerprint density at radius 1 is 1.12 bits per heavy atom. The number of hydrogen-bond donors (Lipinski definition) is 3. The number of likely N-dealkylation sites (tertiary alicyclic amines) is 1. The molecule has 1 aliphatic carbocycles. The van der Waals surface area contributed by atoms with Gasteiger partial charge in [-0.3, -0.25) is 0 Å². The number of urea groups is 1. The molecule has 2 aromatic carbocycles. The average Bonchev–Trinajstić information content (AvgIpc) is 3.19. The molecule has 2 atom stereocenters. The highest BCUT2D eigenvalue weighted by Crippen LogP contribution is 2.49. The van der Waals surface area contributed by atoms with Gasteiger partial charge in [0.1, 0.15) is 0 Å². The van der Waals surface area contributed by atoms with E-state index in [1.54, 1.807) is 32.4 Å². The largest absolute Gasteiger partial charge is 0.493 e. The molecule has 1 saturated carbocycles. The summed E-state index contributed by atoms with van der Waals surface area (Å²) in [6.45, 7) is 0.978. The number of methoxy groups -OCH3 is 2. The quantitative estimate of drug-likeness (QED) is 0.560. The predicted molar refractivity (Wildman–Crippen MR) is 129 cm³/mol. The lowest BCUT2D eigenvalue weighted by atomic mass is 9.65. The second-order valence-electron chi connectivity index (χ2n) is 8.77. The molecule has 0 radical (unpaired) electrons. The highest BCUT2D eigenvalue weighted by atomic mass is 16.5. The summed E-state index contributed by atoms with van der Waals surface area (Å²) in [6, 6.07) is 12.1. The number of carbonyl (C=O) groups excluding carboxylic acids is 1.